The zero-order valence-electron chi connectivity index (χ0n) is 9.75. The first kappa shape index (κ1) is 11.9. The summed E-state index contributed by atoms with van der Waals surface area (Å²) in [6.07, 6.45) is 1.19. The average molecular weight is 239 g/mol. The number of halogens is 1. The van der Waals surface area contributed by atoms with Crippen molar-refractivity contribution in [3.05, 3.63) is 34.9 Å². The molecule has 0 bridgehead atoms. The van der Waals surface area contributed by atoms with Crippen molar-refractivity contribution in [2.24, 2.45) is 0 Å². The van der Waals surface area contributed by atoms with Gasteiger partial charge in [0, 0.05) is 37.2 Å². The third-order valence-corrected chi connectivity index (χ3v) is 3.55. The summed E-state index contributed by atoms with van der Waals surface area (Å²) in [5, 5.41) is 4.41. The van der Waals surface area contributed by atoms with E-state index in [-0.39, 0.29) is 0 Å². The van der Waals surface area contributed by atoms with Gasteiger partial charge < -0.3 is 5.32 Å². The maximum Gasteiger partial charge on any atom is 0.0451 e. The highest BCUT2D eigenvalue weighted by Gasteiger charge is 2.18. The van der Waals surface area contributed by atoms with Crippen LogP contribution in [0.25, 0.3) is 0 Å². The Labute approximate surface area is 103 Å². The molecule has 0 radical (unpaired) electrons. The summed E-state index contributed by atoms with van der Waals surface area (Å²) in [7, 11) is 0. The zero-order valence-corrected chi connectivity index (χ0v) is 10.5. The first-order chi connectivity index (χ1) is 7.79. The van der Waals surface area contributed by atoms with Gasteiger partial charge in [0.05, 0.1) is 0 Å². The van der Waals surface area contributed by atoms with Crippen molar-refractivity contribution in [1.29, 1.82) is 0 Å². The number of nitrogens with zero attached hydrogens (tertiary/aromatic N) is 1. The van der Waals surface area contributed by atoms with Gasteiger partial charge in [0.1, 0.15) is 0 Å². The fraction of sp³-hybridized carbons (Fsp3) is 0.538. The van der Waals surface area contributed by atoms with Crippen molar-refractivity contribution in [3.63, 3.8) is 0 Å². The van der Waals surface area contributed by atoms with Crippen LogP contribution in [0.5, 0.6) is 0 Å². The summed E-state index contributed by atoms with van der Waals surface area (Å²) in [6.45, 7) is 6.53. The molecule has 16 heavy (non-hydrogen) atoms. The van der Waals surface area contributed by atoms with E-state index in [9.17, 15) is 0 Å². The van der Waals surface area contributed by atoms with Crippen LogP contribution >= 0.6 is 11.6 Å². The number of hydrogen-bond acceptors (Lipinski definition) is 2. The molecule has 1 atom stereocenters. The van der Waals surface area contributed by atoms with Crippen molar-refractivity contribution >= 4 is 11.6 Å². The lowest BCUT2D eigenvalue weighted by atomic mass is 10.1. The molecule has 1 fully saturated rings. The van der Waals surface area contributed by atoms with Gasteiger partial charge in [-0.25, -0.2) is 0 Å². The Morgan fingerprint density at radius 2 is 2.25 bits per heavy atom. The molecular weight excluding hydrogens is 220 g/mol. The average Bonchev–Trinajstić information content (AvgIpc) is 2.32. The van der Waals surface area contributed by atoms with Crippen LogP contribution in [0, 0.1) is 0 Å². The third-order valence-electron chi connectivity index (χ3n) is 3.18. The molecule has 0 saturated carbocycles. The Morgan fingerprint density at radius 1 is 1.44 bits per heavy atom. The smallest absolute Gasteiger partial charge is 0.0451 e. The van der Waals surface area contributed by atoms with E-state index in [0.29, 0.717) is 6.04 Å². The lowest BCUT2D eigenvalue weighted by Crippen LogP contribution is -2.49. The predicted molar refractivity (Wildman–Crippen MR) is 68.8 cm³/mol. The lowest BCUT2D eigenvalue weighted by molar-refractivity contribution is 0.190. The van der Waals surface area contributed by atoms with Gasteiger partial charge in [-0.3, -0.25) is 4.90 Å². The Bertz CT molecular complexity index is 340. The maximum atomic E-state index is 6.17. The van der Waals surface area contributed by atoms with Crippen molar-refractivity contribution < 1.29 is 0 Å². The minimum absolute atomic E-state index is 0.635. The second kappa shape index (κ2) is 5.67. The normalized spacial score (nSPS) is 22.2. The van der Waals surface area contributed by atoms with Gasteiger partial charge in [-0.05, 0) is 18.1 Å². The topological polar surface area (TPSA) is 15.3 Å². The zero-order chi connectivity index (χ0) is 11.4. The number of rotatable bonds is 3. The summed E-state index contributed by atoms with van der Waals surface area (Å²) < 4.78 is 0. The molecule has 0 aromatic heterocycles. The van der Waals surface area contributed by atoms with E-state index in [0.717, 1.165) is 31.2 Å². The molecule has 2 nitrogen and oxygen atoms in total. The molecule has 1 aromatic carbocycles. The lowest BCUT2D eigenvalue weighted by Gasteiger charge is -2.33. The standard InChI is InChI=1S/C13H19ClN2/c1-2-12-10-16(8-7-15-12)9-11-5-3-4-6-13(11)14/h3-6,12,15H,2,7-10H2,1H3. The molecule has 0 spiro atoms. The SMILES string of the molecule is CCC1CN(Cc2ccccc2Cl)CCN1. The highest BCUT2D eigenvalue weighted by molar-refractivity contribution is 6.31. The van der Waals surface area contributed by atoms with Gasteiger partial charge in [-0.1, -0.05) is 36.7 Å². The summed E-state index contributed by atoms with van der Waals surface area (Å²) >= 11 is 6.17. The van der Waals surface area contributed by atoms with E-state index >= 15 is 0 Å². The molecule has 88 valence electrons. The van der Waals surface area contributed by atoms with Crippen molar-refractivity contribution in [2.45, 2.75) is 25.9 Å². The van der Waals surface area contributed by atoms with Gasteiger partial charge in [0.25, 0.3) is 0 Å². The highest BCUT2D eigenvalue weighted by atomic mass is 35.5. The van der Waals surface area contributed by atoms with Crippen molar-refractivity contribution in [1.82, 2.24) is 10.2 Å². The van der Waals surface area contributed by atoms with Gasteiger partial charge in [0.15, 0.2) is 0 Å². The van der Waals surface area contributed by atoms with Crippen LogP contribution in [-0.4, -0.2) is 30.6 Å². The summed E-state index contributed by atoms with van der Waals surface area (Å²) in [5.41, 5.74) is 1.24. The molecule has 0 amide bonds. The minimum atomic E-state index is 0.635. The summed E-state index contributed by atoms with van der Waals surface area (Å²) in [5.74, 6) is 0. The Morgan fingerprint density at radius 3 is 3.00 bits per heavy atom. The first-order valence-corrected chi connectivity index (χ1v) is 6.36. The van der Waals surface area contributed by atoms with E-state index < -0.39 is 0 Å². The van der Waals surface area contributed by atoms with Crippen LogP contribution < -0.4 is 5.32 Å². The van der Waals surface area contributed by atoms with E-state index in [1.54, 1.807) is 0 Å². The number of nitrogens with one attached hydrogen (secondary N) is 1. The quantitative estimate of drug-likeness (QED) is 0.871. The first-order valence-electron chi connectivity index (χ1n) is 5.98. The number of hydrogen-bond donors (Lipinski definition) is 1. The van der Waals surface area contributed by atoms with Crippen LogP contribution in [0.3, 0.4) is 0 Å². The third kappa shape index (κ3) is 2.97. The van der Waals surface area contributed by atoms with Gasteiger partial charge in [-0.15, -0.1) is 0 Å². The molecule has 1 N–H and O–H groups in total. The van der Waals surface area contributed by atoms with E-state index in [1.165, 1.54) is 12.0 Å². The van der Waals surface area contributed by atoms with Crippen LogP contribution in [0.15, 0.2) is 24.3 Å². The molecule has 1 saturated heterocycles. The fourth-order valence-corrected chi connectivity index (χ4v) is 2.37. The van der Waals surface area contributed by atoms with Crippen molar-refractivity contribution in [2.75, 3.05) is 19.6 Å². The van der Waals surface area contributed by atoms with Crippen molar-refractivity contribution in [3.8, 4) is 0 Å². The summed E-state index contributed by atoms with van der Waals surface area (Å²) in [6, 6.07) is 8.76. The van der Waals surface area contributed by atoms with E-state index in [1.807, 2.05) is 12.1 Å². The molecule has 3 heteroatoms. The van der Waals surface area contributed by atoms with E-state index in [4.69, 9.17) is 11.6 Å². The number of piperazine rings is 1. The van der Waals surface area contributed by atoms with Crippen LogP contribution in [0.1, 0.15) is 18.9 Å². The van der Waals surface area contributed by atoms with Crippen LogP contribution in [0.4, 0.5) is 0 Å². The van der Waals surface area contributed by atoms with Crippen LogP contribution in [-0.2, 0) is 6.54 Å². The largest absolute Gasteiger partial charge is 0.311 e. The predicted octanol–water partition coefficient (Wildman–Crippen LogP) is 2.52. The van der Waals surface area contributed by atoms with Gasteiger partial charge in [0.2, 0.25) is 0 Å². The summed E-state index contributed by atoms with van der Waals surface area (Å²) in [4.78, 5) is 2.48. The van der Waals surface area contributed by atoms with Gasteiger partial charge >= 0.3 is 0 Å². The highest BCUT2D eigenvalue weighted by Crippen LogP contribution is 2.17. The molecule has 1 heterocycles. The molecule has 1 aromatic rings. The molecule has 1 unspecified atom stereocenters. The Balaban J connectivity index is 1.97. The minimum Gasteiger partial charge on any atom is -0.311 e. The maximum absolute atomic E-state index is 6.17. The molecular formula is C13H19ClN2. The number of benzene rings is 1. The van der Waals surface area contributed by atoms with Gasteiger partial charge in [-0.2, -0.15) is 0 Å². The van der Waals surface area contributed by atoms with E-state index in [2.05, 4.69) is 29.3 Å². The second-order valence-electron chi connectivity index (χ2n) is 4.39. The molecule has 0 aliphatic carbocycles. The fourth-order valence-electron chi connectivity index (χ4n) is 2.18. The molecule has 1 aliphatic heterocycles. The monoisotopic (exact) mass is 238 g/mol. The second-order valence-corrected chi connectivity index (χ2v) is 4.79. The van der Waals surface area contributed by atoms with Crippen LogP contribution in [0.2, 0.25) is 5.02 Å². The molecule has 2 rings (SSSR count). The Kier molecular flexibility index (Phi) is 4.22. The Hall–Kier alpha value is -0.570. The molecule has 1 aliphatic rings.